The van der Waals surface area contributed by atoms with E-state index in [0.29, 0.717) is 17.0 Å². The first kappa shape index (κ1) is 14.0. The first-order chi connectivity index (χ1) is 9.51. The van der Waals surface area contributed by atoms with Crippen molar-refractivity contribution in [3.63, 3.8) is 0 Å². The topological polar surface area (TPSA) is 64.0 Å². The van der Waals surface area contributed by atoms with Crippen LogP contribution in [0.4, 0.5) is 5.69 Å². The number of aryl methyl sites for hydroxylation is 2. The first-order valence-electron chi connectivity index (χ1n) is 6.37. The van der Waals surface area contributed by atoms with Crippen molar-refractivity contribution in [3.8, 4) is 0 Å². The quantitative estimate of drug-likeness (QED) is 0.867. The molecule has 0 fully saturated rings. The van der Waals surface area contributed by atoms with Crippen LogP contribution >= 0.6 is 0 Å². The number of aromatic nitrogens is 2. The molecule has 104 valence electrons. The van der Waals surface area contributed by atoms with Crippen LogP contribution < -0.4 is 5.32 Å². The van der Waals surface area contributed by atoms with E-state index < -0.39 is 0 Å². The first-order valence-corrected chi connectivity index (χ1v) is 6.37. The predicted octanol–water partition coefficient (Wildman–Crippen LogP) is 2.26. The third kappa shape index (κ3) is 2.93. The van der Waals surface area contributed by atoms with Gasteiger partial charge in [0.2, 0.25) is 5.91 Å². The van der Waals surface area contributed by atoms with Crippen LogP contribution in [0.1, 0.15) is 27.3 Å². The number of nitrogens with zero attached hydrogens (tertiary/aromatic N) is 2. The predicted molar refractivity (Wildman–Crippen MR) is 76.9 cm³/mol. The van der Waals surface area contributed by atoms with Gasteiger partial charge in [-0.05, 0) is 38.5 Å². The molecular weight excluding hydrogens is 254 g/mol. The average molecular weight is 271 g/mol. The number of amides is 1. The van der Waals surface area contributed by atoms with E-state index >= 15 is 0 Å². The van der Waals surface area contributed by atoms with E-state index in [1.165, 1.54) is 0 Å². The molecule has 1 amide bonds. The van der Waals surface area contributed by atoms with Crippen molar-refractivity contribution in [3.05, 3.63) is 46.8 Å². The summed E-state index contributed by atoms with van der Waals surface area (Å²) >= 11 is 0. The van der Waals surface area contributed by atoms with Crippen molar-refractivity contribution >= 4 is 17.9 Å². The van der Waals surface area contributed by atoms with Crippen molar-refractivity contribution in [2.24, 2.45) is 0 Å². The Labute approximate surface area is 117 Å². The molecule has 1 N–H and O–H groups in total. The van der Waals surface area contributed by atoms with Crippen LogP contribution in [0.15, 0.2) is 24.3 Å². The second-order valence-corrected chi connectivity index (χ2v) is 4.78. The third-order valence-electron chi connectivity index (χ3n) is 3.15. The molecule has 0 aliphatic carbocycles. The maximum atomic E-state index is 12.0. The number of carbonyl (C=O) groups excluding carboxylic acids is 2. The zero-order valence-corrected chi connectivity index (χ0v) is 11.8. The van der Waals surface area contributed by atoms with Gasteiger partial charge in [-0.1, -0.05) is 12.1 Å². The van der Waals surface area contributed by atoms with Gasteiger partial charge in [-0.2, -0.15) is 5.10 Å². The Morgan fingerprint density at radius 1 is 1.35 bits per heavy atom. The maximum Gasteiger partial charge on any atom is 0.246 e. The summed E-state index contributed by atoms with van der Waals surface area (Å²) in [6.07, 6.45) is 0.770. The Morgan fingerprint density at radius 3 is 2.70 bits per heavy atom. The molecule has 0 atom stereocenters. The third-order valence-corrected chi connectivity index (χ3v) is 3.15. The molecule has 0 aliphatic rings. The van der Waals surface area contributed by atoms with Gasteiger partial charge < -0.3 is 5.32 Å². The summed E-state index contributed by atoms with van der Waals surface area (Å²) in [7, 11) is 0. The van der Waals surface area contributed by atoms with Gasteiger partial charge in [-0.15, -0.1) is 0 Å². The van der Waals surface area contributed by atoms with Crippen molar-refractivity contribution in [1.29, 1.82) is 0 Å². The van der Waals surface area contributed by atoms with Gasteiger partial charge in [0.15, 0.2) is 6.29 Å². The minimum atomic E-state index is -0.168. The summed E-state index contributed by atoms with van der Waals surface area (Å²) in [5.41, 5.74) is 3.73. The molecule has 0 saturated carbocycles. The summed E-state index contributed by atoms with van der Waals surface area (Å²) < 4.78 is 1.55. The minimum absolute atomic E-state index is 0.0917. The molecule has 0 spiro atoms. The molecule has 0 saturated heterocycles. The van der Waals surface area contributed by atoms with E-state index in [4.69, 9.17) is 0 Å². The Hall–Kier alpha value is -2.43. The number of benzene rings is 1. The fourth-order valence-corrected chi connectivity index (χ4v) is 2.09. The Bertz CT molecular complexity index is 659. The highest BCUT2D eigenvalue weighted by molar-refractivity contribution is 5.90. The van der Waals surface area contributed by atoms with Crippen LogP contribution in [0.2, 0.25) is 0 Å². The van der Waals surface area contributed by atoms with Crippen molar-refractivity contribution in [1.82, 2.24) is 9.78 Å². The molecule has 2 aromatic rings. The summed E-state index contributed by atoms with van der Waals surface area (Å²) in [4.78, 5) is 22.9. The molecule has 1 aromatic carbocycles. The molecule has 20 heavy (non-hydrogen) atoms. The SMILES string of the molecule is Cc1cccc(NC(=O)Cn2nc(C)c(C=O)c2C)c1. The molecule has 1 aromatic heterocycles. The molecule has 0 aliphatic heterocycles. The van der Waals surface area contributed by atoms with Crippen LogP contribution in [0.3, 0.4) is 0 Å². The van der Waals surface area contributed by atoms with Crippen LogP contribution in [-0.2, 0) is 11.3 Å². The van der Waals surface area contributed by atoms with Gasteiger partial charge in [-0.3, -0.25) is 14.3 Å². The van der Waals surface area contributed by atoms with E-state index in [2.05, 4.69) is 10.4 Å². The summed E-state index contributed by atoms with van der Waals surface area (Å²) in [5.74, 6) is -0.168. The maximum absolute atomic E-state index is 12.0. The van der Waals surface area contributed by atoms with Gasteiger partial charge in [0.1, 0.15) is 6.54 Å². The average Bonchev–Trinajstić information content (AvgIpc) is 2.63. The molecular formula is C15H17N3O2. The Morgan fingerprint density at radius 2 is 2.10 bits per heavy atom. The normalized spacial score (nSPS) is 10.3. The Kier molecular flexibility index (Phi) is 3.98. The standard InChI is InChI=1S/C15H17N3O2/c1-10-5-4-6-13(7-10)16-15(20)8-18-12(3)14(9-19)11(2)17-18/h4-7,9H,8H2,1-3H3,(H,16,20). The number of hydrogen-bond donors (Lipinski definition) is 1. The van der Waals surface area contributed by atoms with E-state index in [1.807, 2.05) is 31.2 Å². The monoisotopic (exact) mass is 271 g/mol. The number of nitrogens with one attached hydrogen (secondary N) is 1. The van der Waals surface area contributed by atoms with Crippen molar-refractivity contribution in [2.45, 2.75) is 27.3 Å². The van der Waals surface area contributed by atoms with E-state index in [1.54, 1.807) is 18.5 Å². The van der Waals surface area contributed by atoms with Crippen LogP contribution in [0.5, 0.6) is 0 Å². The molecule has 2 rings (SSSR count). The summed E-state index contributed by atoms with van der Waals surface area (Å²) in [6, 6.07) is 7.59. The Balaban J connectivity index is 2.10. The fourth-order valence-electron chi connectivity index (χ4n) is 2.09. The lowest BCUT2D eigenvalue weighted by molar-refractivity contribution is -0.116. The fraction of sp³-hybridized carbons (Fsp3) is 0.267. The second kappa shape index (κ2) is 5.69. The van der Waals surface area contributed by atoms with Crippen LogP contribution in [0, 0.1) is 20.8 Å². The molecule has 0 bridgehead atoms. The zero-order chi connectivity index (χ0) is 14.7. The molecule has 5 nitrogen and oxygen atoms in total. The van der Waals surface area contributed by atoms with E-state index in [-0.39, 0.29) is 12.5 Å². The van der Waals surface area contributed by atoms with E-state index in [0.717, 1.165) is 17.5 Å². The van der Waals surface area contributed by atoms with Crippen LogP contribution in [-0.4, -0.2) is 22.0 Å². The minimum Gasteiger partial charge on any atom is -0.324 e. The summed E-state index contributed by atoms with van der Waals surface area (Å²) in [5, 5.41) is 7.02. The van der Waals surface area contributed by atoms with Gasteiger partial charge in [0.25, 0.3) is 0 Å². The van der Waals surface area contributed by atoms with Gasteiger partial charge in [0.05, 0.1) is 11.3 Å². The van der Waals surface area contributed by atoms with Crippen molar-refractivity contribution in [2.75, 3.05) is 5.32 Å². The molecule has 1 heterocycles. The lowest BCUT2D eigenvalue weighted by Crippen LogP contribution is -2.20. The van der Waals surface area contributed by atoms with E-state index in [9.17, 15) is 9.59 Å². The van der Waals surface area contributed by atoms with Crippen LogP contribution in [0.25, 0.3) is 0 Å². The molecule has 0 unspecified atom stereocenters. The highest BCUT2D eigenvalue weighted by Crippen LogP contribution is 2.12. The lowest BCUT2D eigenvalue weighted by Gasteiger charge is -2.07. The highest BCUT2D eigenvalue weighted by Gasteiger charge is 2.13. The molecule has 5 heteroatoms. The second-order valence-electron chi connectivity index (χ2n) is 4.78. The lowest BCUT2D eigenvalue weighted by atomic mass is 10.2. The molecule has 0 radical (unpaired) electrons. The van der Waals surface area contributed by atoms with Crippen molar-refractivity contribution < 1.29 is 9.59 Å². The van der Waals surface area contributed by atoms with Gasteiger partial charge in [-0.25, -0.2) is 0 Å². The smallest absolute Gasteiger partial charge is 0.246 e. The van der Waals surface area contributed by atoms with Gasteiger partial charge in [0, 0.05) is 11.4 Å². The zero-order valence-electron chi connectivity index (χ0n) is 11.8. The van der Waals surface area contributed by atoms with Gasteiger partial charge >= 0.3 is 0 Å². The number of hydrogen-bond acceptors (Lipinski definition) is 3. The number of rotatable bonds is 4. The highest BCUT2D eigenvalue weighted by atomic mass is 16.2. The number of anilines is 1. The number of aldehydes is 1. The summed E-state index contributed by atoms with van der Waals surface area (Å²) in [6.45, 7) is 5.59. The largest absolute Gasteiger partial charge is 0.324 e. The number of carbonyl (C=O) groups is 2.